The summed E-state index contributed by atoms with van der Waals surface area (Å²) in [7, 11) is 0. The normalized spacial score (nSPS) is 11.9. The van der Waals surface area contributed by atoms with Crippen LogP contribution in [0.1, 0.15) is 37.5 Å². The summed E-state index contributed by atoms with van der Waals surface area (Å²) in [5.74, 6) is -0.439. The molecule has 1 atom stereocenters. The molecule has 3 N–H and O–H groups in total. The van der Waals surface area contributed by atoms with Crippen LogP contribution in [-0.4, -0.2) is 23.7 Å². The molecule has 0 bridgehead atoms. The SMILES string of the molecule is CCC(CCNC(=O)NCc1ccc(Cl)s1)CCC(=O)O. The largest absolute Gasteiger partial charge is 0.481 e. The Balaban J connectivity index is 2.15. The molecule has 0 aliphatic heterocycles. The van der Waals surface area contributed by atoms with Crippen molar-refractivity contribution in [2.24, 2.45) is 5.92 Å². The highest BCUT2D eigenvalue weighted by atomic mass is 35.5. The van der Waals surface area contributed by atoms with Gasteiger partial charge in [-0.3, -0.25) is 4.79 Å². The third-order valence-corrected chi connectivity index (χ3v) is 4.47. The van der Waals surface area contributed by atoms with Crippen molar-refractivity contribution in [3.63, 3.8) is 0 Å². The second-order valence-electron chi connectivity index (χ2n) is 4.81. The van der Waals surface area contributed by atoms with Gasteiger partial charge in [0, 0.05) is 17.8 Å². The summed E-state index contributed by atoms with van der Waals surface area (Å²) in [4.78, 5) is 23.2. The number of hydrogen-bond donors (Lipinski definition) is 3. The number of halogens is 1. The maximum atomic E-state index is 11.6. The molecule has 1 heterocycles. The van der Waals surface area contributed by atoms with Crippen LogP contribution in [0.3, 0.4) is 0 Å². The number of carbonyl (C=O) groups is 2. The van der Waals surface area contributed by atoms with E-state index in [2.05, 4.69) is 10.6 Å². The van der Waals surface area contributed by atoms with Crippen LogP contribution in [0.2, 0.25) is 4.34 Å². The van der Waals surface area contributed by atoms with Crippen LogP contribution >= 0.6 is 22.9 Å². The fourth-order valence-corrected chi connectivity index (χ4v) is 2.97. The first-order valence-electron chi connectivity index (χ1n) is 6.99. The lowest BCUT2D eigenvalue weighted by atomic mass is 9.97. The molecule has 1 aromatic rings. The maximum absolute atomic E-state index is 11.6. The van der Waals surface area contributed by atoms with E-state index in [1.165, 1.54) is 11.3 Å². The molecule has 0 radical (unpaired) electrons. The Morgan fingerprint density at radius 3 is 2.67 bits per heavy atom. The number of amides is 2. The number of hydrogen-bond acceptors (Lipinski definition) is 3. The van der Waals surface area contributed by atoms with Crippen molar-refractivity contribution in [1.29, 1.82) is 0 Å². The van der Waals surface area contributed by atoms with Gasteiger partial charge in [0.05, 0.1) is 10.9 Å². The van der Waals surface area contributed by atoms with Crippen molar-refractivity contribution in [2.75, 3.05) is 6.54 Å². The molecule has 7 heteroatoms. The van der Waals surface area contributed by atoms with Crippen LogP contribution in [0.25, 0.3) is 0 Å². The Hall–Kier alpha value is -1.27. The fraction of sp³-hybridized carbons (Fsp3) is 0.571. The first-order valence-corrected chi connectivity index (χ1v) is 8.18. The first kappa shape index (κ1) is 17.8. The molecule has 0 saturated carbocycles. The molecule has 0 aliphatic rings. The predicted molar refractivity (Wildman–Crippen MR) is 84.8 cm³/mol. The van der Waals surface area contributed by atoms with E-state index in [1.807, 2.05) is 13.0 Å². The highest BCUT2D eigenvalue weighted by molar-refractivity contribution is 7.16. The van der Waals surface area contributed by atoms with Crippen LogP contribution in [0, 0.1) is 5.92 Å². The van der Waals surface area contributed by atoms with Gasteiger partial charge >= 0.3 is 12.0 Å². The van der Waals surface area contributed by atoms with Gasteiger partial charge in [-0.1, -0.05) is 24.9 Å². The summed E-state index contributed by atoms with van der Waals surface area (Å²) in [6.45, 7) is 3.04. The molecule has 118 valence electrons. The van der Waals surface area contributed by atoms with Crippen LogP contribution in [-0.2, 0) is 11.3 Å². The molecular formula is C14H21ClN2O3S. The quantitative estimate of drug-likeness (QED) is 0.647. The van der Waals surface area contributed by atoms with Gasteiger partial charge in [-0.05, 0) is 30.9 Å². The van der Waals surface area contributed by atoms with Crippen LogP contribution in [0.15, 0.2) is 12.1 Å². The van der Waals surface area contributed by atoms with Gasteiger partial charge in [-0.25, -0.2) is 4.79 Å². The smallest absolute Gasteiger partial charge is 0.315 e. The van der Waals surface area contributed by atoms with Gasteiger partial charge in [0.25, 0.3) is 0 Å². The van der Waals surface area contributed by atoms with Crippen molar-refractivity contribution in [2.45, 2.75) is 39.2 Å². The number of carboxylic acids is 1. The number of carboxylic acid groups (broad SMARTS) is 1. The topological polar surface area (TPSA) is 78.4 Å². The van der Waals surface area contributed by atoms with Gasteiger partial charge in [0.2, 0.25) is 0 Å². The first-order chi connectivity index (χ1) is 10.0. The number of carbonyl (C=O) groups excluding carboxylic acids is 1. The molecule has 5 nitrogen and oxygen atoms in total. The Kier molecular flexibility index (Phi) is 8.15. The Morgan fingerprint density at radius 2 is 2.10 bits per heavy atom. The van der Waals surface area contributed by atoms with Crippen molar-refractivity contribution in [3.8, 4) is 0 Å². The van der Waals surface area contributed by atoms with Gasteiger partial charge in [0.15, 0.2) is 0 Å². The molecule has 21 heavy (non-hydrogen) atoms. The monoisotopic (exact) mass is 332 g/mol. The maximum Gasteiger partial charge on any atom is 0.315 e. The summed E-state index contributed by atoms with van der Waals surface area (Å²) >= 11 is 7.25. The molecule has 1 unspecified atom stereocenters. The predicted octanol–water partition coefficient (Wildman–Crippen LogP) is 3.48. The van der Waals surface area contributed by atoms with E-state index < -0.39 is 5.97 Å². The lowest BCUT2D eigenvalue weighted by Gasteiger charge is -2.14. The minimum Gasteiger partial charge on any atom is -0.481 e. The lowest BCUT2D eigenvalue weighted by molar-refractivity contribution is -0.137. The van der Waals surface area contributed by atoms with Gasteiger partial charge in [-0.15, -0.1) is 11.3 Å². The van der Waals surface area contributed by atoms with Crippen molar-refractivity contribution >= 4 is 34.9 Å². The second-order valence-corrected chi connectivity index (χ2v) is 6.61. The summed E-state index contributed by atoms with van der Waals surface area (Å²) in [5, 5.41) is 14.2. The molecule has 2 amide bonds. The molecule has 0 saturated heterocycles. The van der Waals surface area contributed by atoms with E-state index in [0.717, 1.165) is 17.7 Å². The van der Waals surface area contributed by atoms with E-state index >= 15 is 0 Å². The number of thiophene rings is 1. The van der Waals surface area contributed by atoms with Crippen molar-refractivity contribution in [3.05, 3.63) is 21.3 Å². The average molecular weight is 333 g/mol. The molecule has 1 rings (SSSR count). The van der Waals surface area contributed by atoms with Crippen LogP contribution in [0.5, 0.6) is 0 Å². The molecular weight excluding hydrogens is 312 g/mol. The van der Waals surface area contributed by atoms with Crippen molar-refractivity contribution in [1.82, 2.24) is 10.6 Å². The van der Waals surface area contributed by atoms with Crippen molar-refractivity contribution < 1.29 is 14.7 Å². The standard InChI is InChI=1S/C14H21ClN2O3S/c1-2-10(3-6-13(18)19)7-8-16-14(20)17-9-11-4-5-12(15)21-11/h4-5,10H,2-3,6-9H2,1H3,(H,18,19)(H2,16,17,20). The second kappa shape index (κ2) is 9.63. The Morgan fingerprint density at radius 1 is 1.33 bits per heavy atom. The highest BCUT2D eigenvalue weighted by Crippen LogP contribution is 2.20. The van der Waals surface area contributed by atoms with E-state index in [-0.39, 0.29) is 12.5 Å². The zero-order chi connectivity index (χ0) is 15.7. The molecule has 0 aliphatic carbocycles. The van der Waals surface area contributed by atoms with E-state index in [9.17, 15) is 9.59 Å². The zero-order valence-corrected chi connectivity index (χ0v) is 13.6. The highest BCUT2D eigenvalue weighted by Gasteiger charge is 2.09. The van der Waals surface area contributed by atoms with Gasteiger partial charge in [-0.2, -0.15) is 0 Å². The van der Waals surface area contributed by atoms with Crippen LogP contribution < -0.4 is 10.6 Å². The average Bonchev–Trinajstić information content (AvgIpc) is 2.86. The number of aliphatic carboxylic acids is 1. The number of urea groups is 1. The third-order valence-electron chi connectivity index (χ3n) is 3.23. The molecule has 0 fully saturated rings. The summed E-state index contributed by atoms with van der Waals surface area (Å²) < 4.78 is 0.705. The van der Waals surface area contributed by atoms with E-state index in [1.54, 1.807) is 6.07 Å². The minimum absolute atomic E-state index is 0.184. The summed E-state index contributed by atoms with van der Waals surface area (Å²) in [6, 6.07) is 3.47. The zero-order valence-electron chi connectivity index (χ0n) is 12.0. The minimum atomic E-state index is -0.770. The van der Waals surface area contributed by atoms with E-state index in [4.69, 9.17) is 16.7 Å². The van der Waals surface area contributed by atoms with Crippen LogP contribution in [0.4, 0.5) is 4.79 Å². The molecule has 1 aromatic heterocycles. The summed E-state index contributed by atoms with van der Waals surface area (Å²) in [5.41, 5.74) is 0. The van der Waals surface area contributed by atoms with Gasteiger partial charge in [0.1, 0.15) is 0 Å². The number of rotatable bonds is 9. The summed E-state index contributed by atoms with van der Waals surface area (Å²) in [6.07, 6.45) is 2.55. The van der Waals surface area contributed by atoms with E-state index in [0.29, 0.717) is 29.8 Å². The number of nitrogens with one attached hydrogen (secondary N) is 2. The molecule has 0 spiro atoms. The fourth-order valence-electron chi connectivity index (χ4n) is 1.95. The van der Waals surface area contributed by atoms with Gasteiger partial charge < -0.3 is 15.7 Å². The molecule has 0 aromatic carbocycles. The Labute approximate surface area is 133 Å². The Bertz CT molecular complexity index is 465. The third kappa shape index (κ3) is 7.92. The lowest BCUT2D eigenvalue weighted by Crippen LogP contribution is -2.36.